The van der Waals surface area contributed by atoms with Gasteiger partial charge >= 0.3 is 0 Å². The predicted octanol–water partition coefficient (Wildman–Crippen LogP) is 3.08. The van der Waals surface area contributed by atoms with Gasteiger partial charge in [0.2, 0.25) is 0 Å². The molecule has 0 saturated carbocycles. The molecule has 2 aromatic carbocycles. The van der Waals surface area contributed by atoms with E-state index in [1.807, 2.05) is 0 Å². The maximum atomic E-state index is 13.2. The van der Waals surface area contributed by atoms with Gasteiger partial charge in [-0.1, -0.05) is 11.6 Å². The number of hydrogen-bond donors (Lipinski definition) is 0. The topological polar surface area (TPSA) is 55.8 Å². The number of sulfonamides is 1. The van der Waals surface area contributed by atoms with Gasteiger partial charge in [0.15, 0.2) is 11.5 Å². The summed E-state index contributed by atoms with van der Waals surface area (Å²) >= 11 is 5.72. The van der Waals surface area contributed by atoms with Crippen molar-refractivity contribution >= 4 is 27.3 Å². The number of benzene rings is 2. The van der Waals surface area contributed by atoms with Gasteiger partial charge < -0.3 is 9.47 Å². The summed E-state index contributed by atoms with van der Waals surface area (Å²) in [6.07, 6.45) is 0. The highest BCUT2D eigenvalue weighted by atomic mass is 35.5. The van der Waals surface area contributed by atoms with Gasteiger partial charge in [0.1, 0.15) is 19.0 Å². The molecule has 2 aromatic rings. The second kappa shape index (κ2) is 5.90. The van der Waals surface area contributed by atoms with Crippen molar-refractivity contribution in [2.24, 2.45) is 0 Å². The molecule has 0 atom stereocenters. The van der Waals surface area contributed by atoms with Crippen molar-refractivity contribution in [2.45, 2.75) is 4.90 Å². The van der Waals surface area contributed by atoms with E-state index in [0.717, 1.165) is 10.4 Å². The summed E-state index contributed by atoms with van der Waals surface area (Å²) in [6.45, 7) is 0.785. The van der Waals surface area contributed by atoms with Gasteiger partial charge in [-0.15, -0.1) is 0 Å². The van der Waals surface area contributed by atoms with Crippen molar-refractivity contribution in [1.82, 2.24) is 0 Å². The first-order valence-corrected chi connectivity index (χ1v) is 8.55. The zero-order valence-electron chi connectivity index (χ0n) is 12.1. The van der Waals surface area contributed by atoms with Gasteiger partial charge in [-0.25, -0.2) is 12.8 Å². The molecule has 0 saturated heterocycles. The quantitative estimate of drug-likeness (QED) is 0.847. The van der Waals surface area contributed by atoms with Gasteiger partial charge in [0, 0.05) is 13.1 Å². The second-order valence-electron chi connectivity index (χ2n) is 4.88. The fraction of sp³-hybridized carbons (Fsp3) is 0.200. The zero-order valence-corrected chi connectivity index (χ0v) is 13.7. The third-order valence-corrected chi connectivity index (χ3v) is 5.51. The number of nitrogens with zero attached hydrogens (tertiary/aromatic N) is 1. The Hall–Kier alpha value is -1.99. The van der Waals surface area contributed by atoms with Crippen molar-refractivity contribution in [1.29, 1.82) is 0 Å². The Balaban J connectivity index is 1.98. The summed E-state index contributed by atoms with van der Waals surface area (Å²) in [5, 5.41) is -0.147. The van der Waals surface area contributed by atoms with Crippen LogP contribution in [-0.4, -0.2) is 28.7 Å². The van der Waals surface area contributed by atoms with E-state index in [1.165, 1.54) is 31.3 Å². The minimum atomic E-state index is -3.84. The Kier molecular flexibility index (Phi) is 4.08. The molecule has 0 amide bonds. The summed E-state index contributed by atoms with van der Waals surface area (Å²) in [6, 6.07) is 8.11. The number of ether oxygens (including phenoxy) is 2. The van der Waals surface area contributed by atoms with E-state index < -0.39 is 15.8 Å². The number of anilines is 1. The summed E-state index contributed by atoms with van der Waals surface area (Å²) in [5.41, 5.74) is 0.256. The highest BCUT2D eigenvalue weighted by Gasteiger charge is 2.24. The molecule has 122 valence electrons. The Labute approximate surface area is 138 Å². The van der Waals surface area contributed by atoms with Crippen LogP contribution in [0.25, 0.3) is 0 Å². The first-order valence-electron chi connectivity index (χ1n) is 6.73. The normalized spacial score (nSPS) is 13.7. The van der Waals surface area contributed by atoms with Gasteiger partial charge in [-0.2, -0.15) is 0 Å². The van der Waals surface area contributed by atoms with Crippen LogP contribution in [-0.2, 0) is 10.0 Å². The Morgan fingerprint density at radius 3 is 2.48 bits per heavy atom. The van der Waals surface area contributed by atoms with Crippen LogP contribution < -0.4 is 13.8 Å². The minimum Gasteiger partial charge on any atom is -0.486 e. The molecule has 0 aromatic heterocycles. The van der Waals surface area contributed by atoms with Crippen LogP contribution in [0.4, 0.5) is 10.1 Å². The van der Waals surface area contributed by atoms with E-state index in [-0.39, 0.29) is 15.6 Å². The molecule has 0 unspecified atom stereocenters. The van der Waals surface area contributed by atoms with Gasteiger partial charge in [0.05, 0.1) is 15.6 Å². The largest absolute Gasteiger partial charge is 0.486 e. The highest BCUT2D eigenvalue weighted by Crippen LogP contribution is 2.34. The lowest BCUT2D eigenvalue weighted by atomic mass is 10.3. The van der Waals surface area contributed by atoms with Crippen LogP contribution in [0.3, 0.4) is 0 Å². The molecule has 0 spiro atoms. The van der Waals surface area contributed by atoms with E-state index >= 15 is 0 Å². The lowest BCUT2D eigenvalue weighted by Gasteiger charge is -2.22. The molecule has 0 aliphatic carbocycles. The van der Waals surface area contributed by atoms with E-state index in [4.69, 9.17) is 21.1 Å². The number of rotatable bonds is 3. The third kappa shape index (κ3) is 2.94. The van der Waals surface area contributed by atoms with E-state index in [1.54, 1.807) is 6.07 Å². The molecular weight excluding hydrogens is 345 g/mol. The predicted molar refractivity (Wildman–Crippen MR) is 84.4 cm³/mol. The van der Waals surface area contributed by atoms with Gasteiger partial charge in [-0.05, 0) is 30.3 Å². The lowest BCUT2D eigenvalue weighted by molar-refractivity contribution is 0.171. The second-order valence-corrected chi connectivity index (χ2v) is 7.25. The molecule has 0 fully saturated rings. The molecule has 1 aliphatic rings. The number of hydrogen-bond acceptors (Lipinski definition) is 4. The first kappa shape index (κ1) is 15.9. The smallest absolute Gasteiger partial charge is 0.264 e. The molecule has 1 heterocycles. The van der Waals surface area contributed by atoms with Gasteiger partial charge in [-0.3, -0.25) is 4.31 Å². The molecule has 8 heteroatoms. The SMILES string of the molecule is CN(c1ccc(F)c(Cl)c1)S(=O)(=O)c1ccc2c(c1)OCCO2. The van der Waals surface area contributed by atoms with Crippen molar-refractivity contribution in [3.05, 3.63) is 47.2 Å². The van der Waals surface area contributed by atoms with E-state index in [9.17, 15) is 12.8 Å². The zero-order chi connectivity index (χ0) is 16.6. The Bertz CT molecular complexity index is 857. The number of fused-ring (bicyclic) bond motifs is 1. The lowest BCUT2D eigenvalue weighted by Crippen LogP contribution is -2.27. The molecule has 0 radical (unpaired) electrons. The molecule has 23 heavy (non-hydrogen) atoms. The van der Waals surface area contributed by atoms with Crippen LogP contribution in [0.2, 0.25) is 5.02 Å². The average molecular weight is 358 g/mol. The summed E-state index contributed by atoms with van der Waals surface area (Å²) in [7, 11) is -2.47. The molecule has 1 aliphatic heterocycles. The van der Waals surface area contributed by atoms with Gasteiger partial charge in [0.25, 0.3) is 10.0 Å². The van der Waals surface area contributed by atoms with Crippen LogP contribution in [0.5, 0.6) is 11.5 Å². The molecule has 0 N–H and O–H groups in total. The Morgan fingerprint density at radius 2 is 1.78 bits per heavy atom. The van der Waals surface area contributed by atoms with Crippen LogP contribution in [0.15, 0.2) is 41.3 Å². The van der Waals surface area contributed by atoms with Crippen molar-refractivity contribution in [2.75, 3.05) is 24.6 Å². The summed E-state index contributed by atoms with van der Waals surface area (Å²) in [5.74, 6) is 0.270. The van der Waals surface area contributed by atoms with Crippen molar-refractivity contribution in [3.8, 4) is 11.5 Å². The summed E-state index contributed by atoms with van der Waals surface area (Å²) < 4.78 is 50.5. The standard InChI is InChI=1S/C15H13ClFNO4S/c1-18(10-2-4-13(17)12(16)8-10)23(19,20)11-3-5-14-15(9-11)22-7-6-21-14/h2-5,8-9H,6-7H2,1H3. The summed E-state index contributed by atoms with van der Waals surface area (Å²) in [4.78, 5) is 0.0460. The maximum Gasteiger partial charge on any atom is 0.264 e. The highest BCUT2D eigenvalue weighted by molar-refractivity contribution is 7.92. The molecule has 0 bridgehead atoms. The average Bonchev–Trinajstić information content (AvgIpc) is 2.56. The fourth-order valence-corrected chi connectivity index (χ4v) is 3.54. The molecule has 3 rings (SSSR count). The first-order chi connectivity index (χ1) is 10.9. The fourth-order valence-electron chi connectivity index (χ4n) is 2.16. The van der Waals surface area contributed by atoms with Crippen molar-refractivity contribution in [3.63, 3.8) is 0 Å². The number of halogens is 2. The van der Waals surface area contributed by atoms with Crippen LogP contribution in [0.1, 0.15) is 0 Å². The van der Waals surface area contributed by atoms with E-state index in [2.05, 4.69) is 0 Å². The van der Waals surface area contributed by atoms with E-state index in [0.29, 0.717) is 24.7 Å². The van der Waals surface area contributed by atoms with Crippen LogP contribution in [0, 0.1) is 5.82 Å². The Morgan fingerprint density at radius 1 is 1.09 bits per heavy atom. The monoisotopic (exact) mass is 357 g/mol. The minimum absolute atomic E-state index is 0.0460. The maximum absolute atomic E-state index is 13.2. The third-order valence-electron chi connectivity index (χ3n) is 3.44. The molecule has 5 nitrogen and oxygen atoms in total. The van der Waals surface area contributed by atoms with Crippen LogP contribution >= 0.6 is 11.6 Å². The molecular formula is C15H13ClFNO4S. The van der Waals surface area contributed by atoms with Crippen molar-refractivity contribution < 1.29 is 22.3 Å².